The fourth-order valence-electron chi connectivity index (χ4n) is 8.13. The monoisotopic (exact) mass is 516 g/mol. The van der Waals surface area contributed by atoms with Crippen LogP contribution in [0.1, 0.15) is 77.7 Å². The van der Waals surface area contributed by atoms with Crippen LogP contribution < -0.4 is 0 Å². The van der Waals surface area contributed by atoms with E-state index in [4.69, 9.17) is 4.74 Å². The second-order valence-electron chi connectivity index (χ2n) is 11.7. The van der Waals surface area contributed by atoms with E-state index in [1.54, 1.807) is 6.92 Å². The summed E-state index contributed by atoms with van der Waals surface area (Å²) in [5.74, 6) is 0.252. The Balaban J connectivity index is 1.34. The summed E-state index contributed by atoms with van der Waals surface area (Å²) in [5, 5.41) is 22.6. The summed E-state index contributed by atoms with van der Waals surface area (Å²) >= 11 is 3.46. The maximum Gasteiger partial charge on any atom is 0.169 e. The first-order chi connectivity index (χ1) is 15.5. The zero-order valence-corrected chi connectivity index (χ0v) is 21.7. The minimum Gasteiger partial charge on any atom is -0.382 e. The molecular formula is C28H37BrO4. The lowest BCUT2D eigenvalue weighted by atomic mass is 9.46. The average Bonchev–Trinajstić information content (AvgIpc) is 3.06. The molecule has 0 spiro atoms. The van der Waals surface area contributed by atoms with E-state index < -0.39 is 11.4 Å². The van der Waals surface area contributed by atoms with Crippen molar-refractivity contribution < 1.29 is 19.7 Å². The molecule has 180 valence electrons. The van der Waals surface area contributed by atoms with Crippen LogP contribution in [0, 0.1) is 28.6 Å². The first-order valence-corrected chi connectivity index (χ1v) is 13.3. The Hall–Kier alpha value is -1.01. The van der Waals surface area contributed by atoms with Crippen LogP contribution in [-0.2, 0) is 16.1 Å². The van der Waals surface area contributed by atoms with Crippen molar-refractivity contribution in [1.29, 1.82) is 0 Å². The van der Waals surface area contributed by atoms with Gasteiger partial charge in [-0.3, -0.25) is 4.79 Å². The molecular weight excluding hydrogens is 480 g/mol. The van der Waals surface area contributed by atoms with Gasteiger partial charge in [-0.15, -0.1) is 0 Å². The van der Waals surface area contributed by atoms with Crippen LogP contribution in [-0.4, -0.2) is 27.4 Å². The number of aliphatic hydroxyl groups is 2. The van der Waals surface area contributed by atoms with Crippen molar-refractivity contribution in [3.8, 4) is 0 Å². The van der Waals surface area contributed by atoms with Gasteiger partial charge in [-0.05, 0) is 86.3 Å². The molecule has 2 N–H and O–H groups in total. The van der Waals surface area contributed by atoms with Gasteiger partial charge in [0.05, 0.1) is 6.61 Å². The summed E-state index contributed by atoms with van der Waals surface area (Å²) in [6, 6.07) is 8.04. The molecule has 0 amide bonds. The van der Waals surface area contributed by atoms with Crippen LogP contribution >= 0.6 is 15.9 Å². The van der Waals surface area contributed by atoms with Gasteiger partial charge in [0.1, 0.15) is 5.60 Å². The molecule has 0 aromatic heterocycles. The SMILES string of the molecule is CC(=O)[C@]1(O)CCC2C3CC=C4C[C@@](O)(OCc5ccc(Br)cc5)CC[C@]4(C)C3CC[C@@]21C. The van der Waals surface area contributed by atoms with Crippen molar-refractivity contribution in [3.63, 3.8) is 0 Å². The molecule has 0 heterocycles. The highest BCUT2D eigenvalue weighted by Gasteiger charge is 2.65. The highest BCUT2D eigenvalue weighted by Crippen LogP contribution is 2.67. The van der Waals surface area contributed by atoms with Gasteiger partial charge in [-0.1, -0.05) is 53.6 Å². The molecule has 1 aromatic rings. The van der Waals surface area contributed by atoms with E-state index in [1.165, 1.54) is 5.57 Å². The van der Waals surface area contributed by atoms with E-state index >= 15 is 0 Å². The lowest BCUT2D eigenvalue weighted by Crippen LogP contribution is -2.57. The summed E-state index contributed by atoms with van der Waals surface area (Å²) in [6.07, 6.45) is 8.95. The number of fused-ring (bicyclic) bond motifs is 5. The number of ether oxygens (including phenoxy) is 1. The van der Waals surface area contributed by atoms with Gasteiger partial charge >= 0.3 is 0 Å². The number of Topliss-reactive ketones (excluding diaryl/α,β-unsaturated/α-hetero) is 1. The largest absolute Gasteiger partial charge is 0.382 e. The van der Waals surface area contributed by atoms with Crippen molar-refractivity contribution >= 4 is 21.7 Å². The summed E-state index contributed by atoms with van der Waals surface area (Å²) in [6.45, 7) is 6.53. The van der Waals surface area contributed by atoms with Gasteiger partial charge in [0.25, 0.3) is 0 Å². The van der Waals surface area contributed by atoms with Crippen molar-refractivity contribution in [1.82, 2.24) is 0 Å². The Bertz CT molecular complexity index is 973. The molecule has 4 aliphatic rings. The van der Waals surface area contributed by atoms with Gasteiger partial charge in [0.15, 0.2) is 11.6 Å². The number of ketones is 1. The Morgan fingerprint density at radius 3 is 2.45 bits per heavy atom. The molecule has 3 saturated carbocycles. The topological polar surface area (TPSA) is 66.8 Å². The molecule has 7 atom stereocenters. The lowest BCUT2D eigenvalue weighted by Gasteiger charge is -2.59. The summed E-state index contributed by atoms with van der Waals surface area (Å²) < 4.78 is 7.13. The maximum atomic E-state index is 12.4. The van der Waals surface area contributed by atoms with Gasteiger partial charge in [0.2, 0.25) is 0 Å². The smallest absolute Gasteiger partial charge is 0.169 e. The highest BCUT2D eigenvalue weighted by molar-refractivity contribution is 9.10. The van der Waals surface area contributed by atoms with Crippen LogP contribution in [0.3, 0.4) is 0 Å². The quantitative estimate of drug-likeness (QED) is 0.384. The number of carbonyl (C=O) groups is 1. The van der Waals surface area contributed by atoms with Crippen LogP contribution in [0.25, 0.3) is 0 Å². The third-order valence-corrected chi connectivity index (χ3v) is 10.8. The molecule has 3 unspecified atom stereocenters. The zero-order chi connectivity index (χ0) is 23.6. The fourth-order valence-corrected chi connectivity index (χ4v) is 8.40. The van der Waals surface area contributed by atoms with Gasteiger partial charge in [-0.25, -0.2) is 0 Å². The Kier molecular flexibility index (Phi) is 5.76. The van der Waals surface area contributed by atoms with E-state index in [0.717, 1.165) is 42.1 Å². The van der Waals surface area contributed by atoms with Crippen LogP contribution in [0.15, 0.2) is 40.4 Å². The number of allylic oxidation sites excluding steroid dienone is 1. The molecule has 4 nitrogen and oxygen atoms in total. The zero-order valence-electron chi connectivity index (χ0n) is 20.1. The molecule has 3 fully saturated rings. The van der Waals surface area contributed by atoms with E-state index in [0.29, 0.717) is 43.6 Å². The van der Waals surface area contributed by atoms with Crippen molar-refractivity contribution in [2.24, 2.45) is 28.6 Å². The van der Waals surface area contributed by atoms with Crippen LogP contribution in [0.5, 0.6) is 0 Å². The average molecular weight is 518 g/mol. The van der Waals surface area contributed by atoms with E-state index in [-0.39, 0.29) is 16.6 Å². The van der Waals surface area contributed by atoms with Crippen LogP contribution in [0.4, 0.5) is 0 Å². The summed E-state index contributed by atoms with van der Waals surface area (Å²) in [5.41, 5.74) is 0.987. The predicted molar refractivity (Wildman–Crippen MR) is 131 cm³/mol. The molecule has 5 heteroatoms. The number of hydrogen-bond acceptors (Lipinski definition) is 4. The van der Waals surface area contributed by atoms with Crippen molar-refractivity contribution in [3.05, 3.63) is 46.0 Å². The second-order valence-corrected chi connectivity index (χ2v) is 12.6. The minimum absolute atomic E-state index is 0.0603. The molecule has 0 radical (unpaired) electrons. The maximum absolute atomic E-state index is 12.4. The molecule has 33 heavy (non-hydrogen) atoms. The highest BCUT2D eigenvalue weighted by atomic mass is 79.9. The van der Waals surface area contributed by atoms with E-state index in [9.17, 15) is 15.0 Å². The summed E-state index contributed by atoms with van der Waals surface area (Å²) in [7, 11) is 0. The fraction of sp³-hybridized carbons (Fsp3) is 0.679. The van der Waals surface area contributed by atoms with Gasteiger partial charge in [-0.2, -0.15) is 0 Å². The normalized spacial score (nSPS) is 44.4. The second kappa shape index (κ2) is 8.01. The molecule has 1 aromatic carbocycles. The first-order valence-electron chi connectivity index (χ1n) is 12.5. The first kappa shape index (κ1) is 23.7. The van der Waals surface area contributed by atoms with Crippen molar-refractivity contribution in [2.75, 3.05) is 0 Å². The van der Waals surface area contributed by atoms with Crippen LogP contribution in [0.2, 0.25) is 0 Å². The minimum atomic E-state index is -1.17. The number of benzene rings is 1. The molecule has 0 bridgehead atoms. The Morgan fingerprint density at radius 2 is 1.76 bits per heavy atom. The summed E-state index contributed by atoms with van der Waals surface area (Å²) in [4.78, 5) is 12.4. The standard InChI is InChI=1S/C28H37BrO4/c1-18(30)28(32)13-11-24-22-9-6-20-16-27(31,33-17-19-4-7-21(29)8-5-19)15-14-25(20,2)23(22)10-12-26(24,28)3/h4-8,22-24,31-32H,9-17H2,1-3H3/t22?,23?,24?,25-,26-,27-,28+/m0/s1. The molecule has 5 rings (SSSR count). The molecule has 0 saturated heterocycles. The number of hydrogen-bond donors (Lipinski definition) is 2. The lowest BCUT2D eigenvalue weighted by molar-refractivity contribution is -0.232. The molecule has 4 aliphatic carbocycles. The van der Waals surface area contributed by atoms with E-state index in [2.05, 4.69) is 35.9 Å². The van der Waals surface area contributed by atoms with Gasteiger partial charge in [0, 0.05) is 22.7 Å². The van der Waals surface area contributed by atoms with E-state index in [1.807, 2.05) is 24.3 Å². The molecule has 0 aliphatic heterocycles. The Morgan fingerprint density at radius 1 is 1.06 bits per heavy atom. The number of rotatable bonds is 4. The number of halogens is 1. The van der Waals surface area contributed by atoms with Crippen molar-refractivity contribution in [2.45, 2.75) is 90.1 Å². The third kappa shape index (κ3) is 3.61. The third-order valence-electron chi connectivity index (χ3n) is 10.3. The number of carbonyl (C=O) groups excluding carboxylic acids is 1. The Labute approximate surface area is 205 Å². The predicted octanol–water partition coefficient (Wildman–Crippen LogP) is 5.94. The van der Waals surface area contributed by atoms with Gasteiger partial charge < -0.3 is 14.9 Å².